The van der Waals surface area contributed by atoms with E-state index in [1.807, 2.05) is 35.8 Å². The molecule has 5 amide bonds. The molecule has 3 saturated heterocycles. The predicted octanol–water partition coefficient (Wildman–Crippen LogP) is 6.95. The predicted molar refractivity (Wildman–Crippen MR) is 317 cm³/mol. The van der Waals surface area contributed by atoms with Crippen LogP contribution in [-0.2, 0) is 41.6 Å². The van der Waals surface area contributed by atoms with Gasteiger partial charge in [-0.2, -0.15) is 0 Å². The number of aliphatic hydroxyl groups is 1. The number of nitrogens with one attached hydrogen (secondary N) is 3. The number of piperazine rings is 1. The summed E-state index contributed by atoms with van der Waals surface area (Å²) in [6.07, 6.45) is 10.4. The largest absolute Gasteiger partial charge is 0.444 e. The molecule has 84 heavy (non-hydrogen) atoms. The maximum absolute atomic E-state index is 14.9. The van der Waals surface area contributed by atoms with E-state index in [1.54, 1.807) is 37.8 Å². The number of carbonyl (C=O) groups is 5. The average Bonchev–Trinajstić information content (AvgIpc) is 2.94. The highest BCUT2D eigenvalue weighted by Gasteiger charge is 2.39. The lowest BCUT2D eigenvalue weighted by Crippen LogP contribution is -2.60. The smallest absolute Gasteiger partial charge is 0.411 e. The third-order valence-corrected chi connectivity index (χ3v) is 17.4. The molecule has 4 N–H and O–H groups in total. The normalized spacial score (nSPS) is 19.6. The topological polar surface area (TPSA) is 205 Å². The Balaban J connectivity index is 0.762. The van der Waals surface area contributed by atoms with E-state index >= 15 is 0 Å². The average molecular weight is 1190 g/mol. The molecule has 4 atom stereocenters. The van der Waals surface area contributed by atoms with Gasteiger partial charge >= 0.3 is 6.09 Å². The number of aromatic nitrogens is 2. The minimum Gasteiger partial charge on any atom is -0.444 e. The van der Waals surface area contributed by atoms with Gasteiger partial charge in [0.05, 0.1) is 55.2 Å². The van der Waals surface area contributed by atoms with Crippen LogP contribution < -0.4 is 20.9 Å². The first-order chi connectivity index (χ1) is 40.3. The van der Waals surface area contributed by atoms with Crippen LogP contribution in [0, 0.1) is 17.6 Å². The molecule has 5 aliphatic rings. The van der Waals surface area contributed by atoms with E-state index in [4.69, 9.17) is 21.1 Å². The maximum atomic E-state index is 14.9. The molecular weight excluding hydrogens is 1100 g/mol. The maximum Gasteiger partial charge on any atom is 0.411 e. The summed E-state index contributed by atoms with van der Waals surface area (Å²) in [6.45, 7) is 15.2. The van der Waals surface area contributed by atoms with Crippen LogP contribution in [0.15, 0.2) is 48.8 Å². The van der Waals surface area contributed by atoms with Crippen molar-refractivity contribution in [2.24, 2.45) is 5.92 Å². The SMILES string of the molecule is CCCCN(C(=O)CN(Cc1ccc(F)cc1F)C(=O)OC(C)(C)C)C(C)N[C@@H](C(=O)N1CCC(OC2CCN(CC(=O)NCCNC[C@@H](C(=O)N3CCN(c4ncnc5c4CC[C@H]5O)CC3)c3ccc(Cl)cc3)CC2)CC1)C1CCCCC1. The van der Waals surface area contributed by atoms with Crippen LogP contribution in [-0.4, -0.2) is 191 Å². The lowest BCUT2D eigenvalue weighted by Gasteiger charge is -2.41. The number of ether oxygens (including phenoxy) is 2. The second kappa shape index (κ2) is 30.7. The van der Waals surface area contributed by atoms with E-state index in [9.17, 15) is 37.9 Å². The van der Waals surface area contributed by atoms with Gasteiger partial charge in [0.2, 0.25) is 23.6 Å². The fraction of sp³-hybridized carbons (Fsp3) is 0.661. The van der Waals surface area contributed by atoms with Gasteiger partial charge in [0.15, 0.2) is 0 Å². The van der Waals surface area contributed by atoms with Crippen molar-refractivity contribution in [2.75, 3.05) is 96.5 Å². The highest BCUT2D eigenvalue weighted by molar-refractivity contribution is 6.30. The summed E-state index contributed by atoms with van der Waals surface area (Å²) in [4.78, 5) is 89.7. The molecule has 2 aromatic carbocycles. The number of unbranched alkanes of at least 4 members (excludes halogenated alkanes) is 1. The lowest BCUT2D eigenvalue weighted by atomic mass is 9.83. The van der Waals surface area contributed by atoms with Gasteiger partial charge in [0.25, 0.3) is 0 Å². The van der Waals surface area contributed by atoms with Gasteiger partial charge in [-0.15, -0.1) is 0 Å². The monoisotopic (exact) mass is 1190 g/mol. The zero-order valence-electron chi connectivity index (χ0n) is 50.0. The number of hydrogen-bond donors (Lipinski definition) is 4. The lowest BCUT2D eigenvalue weighted by molar-refractivity contribution is -0.142. The summed E-state index contributed by atoms with van der Waals surface area (Å²) in [5.74, 6) is -1.49. The van der Waals surface area contributed by atoms with E-state index in [-0.39, 0.29) is 60.4 Å². The Morgan fingerprint density at radius 3 is 2.18 bits per heavy atom. The number of hydrogen-bond acceptors (Lipinski definition) is 14. The number of amides is 5. The molecular formula is C62H90ClF2N11O8. The number of anilines is 1. The molecule has 2 aliphatic carbocycles. The van der Waals surface area contributed by atoms with Crippen LogP contribution in [0.2, 0.25) is 5.02 Å². The summed E-state index contributed by atoms with van der Waals surface area (Å²) in [6, 6.07) is 9.99. The Morgan fingerprint density at radius 2 is 1.51 bits per heavy atom. The molecule has 3 aromatic rings. The van der Waals surface area contributed by atoms with Crippen LogP contribution in [0.4, 0.5) is 19.4 Å². The Labute approximate surface area is 499 Å². The quantitative estimate of drug-likeness (QED) is 0.0530. The van der Waals surface area contributed by atoms with E-state index in [2.05, 4.69) is 35.7 Å². The van der Waals surface area contributed by atoms with E-state index in [0.29, 0.717) is 102 Å². The Hall–Kier alpha value is -5.58. The number of carbonyl (C=O) groups excluding carboxylic acids is 5. The Morgan fingerprint density at radius 1 is 0.833 bits per heavy atom. The molecule has 22 heteroatoms. The Bertz CT molecular complexity index is 2660. The minimum absolute atomic E-state index is 0.00641. The molecule has 462 valence electrons. The van der Waals surface area contributed by atoms with Crippen molar-refractivity contribution >= 4 is 47.1 Å². The van der Waals surface area contributed by atoms with Crippen molar-refractivity contribution < 1.29 is 47.3 Å². The number of fused-ring (bicyclic) bond motifs is 1. The van der Waals surface area contributed by atoms with Crippen LogP contribution in [0.3, 0.4) is 0 Å². The summed E-state index contributed by atoms with van der Waals surface area (Å²) in [7, 11) is 0. The number of nitrogens with zero attached hydrogens (tertiary/aromatic N) is 8. The van der Waals surface area contributed by atoms with Crippen LogP contribution in [0.25, 0.3) is 0 Å². The van der Waals surface area contributed by atoms with Gasteiger partial charge < -0.3 is 44.8 Å². The van der Waals surface area contributed by atoms with Crippen molar-refractivity contribution in [1.82, 2.24) is 50.4 Å². The van der Waals surface area contributed by atoms with Gasteiger partial charge in [-0.3, -0.25) is 34.3 Å². The molecule has 1 saturated carbocycles. The molecule has 19 nitrogen and oxygen atoms in total. The molecule has 1 aromatic heterocycles. The van der Waals surface area contributed by atoms with Gasteiger partial charge in [-0.1, -0.05) is 62.4 Å². The molecule has 4 heterocycles. The fourth-order valence-corrected chi connectivity index (χ4v) is 12.6. The van der Waals surface area contributed by atoms with Crippen molar-refractivity contribution in [3.63, 3.8) is 0 Å². The Kier molecular flexibility index (Phi) is 23.5. The molecule has 8 rings (SSSR count). The molecule has 0 bridgehead atoms. The third kappa shape index (κ3) is 18.0. The van der Waals surface area contributed by atoms with E-state index in [1.165, 1.54) is 12.4 Å². The zero-order chi connectivity index (χ0) is 59.9. The van der Waals surface area contributed by atoms with Crippen molar-refractivity contribution in [3.05, 3.63) is 87.8 Å². The molecule has 1 unspecified atom stereocenters. The summed E-state index contributed by atoms with van der Waals surface area (Å²) in [5.41, 5.74) is 1.73. The first kappa shape index (κ1) is 64.4. The van der Waals surface area contributed by atoms with Crippen LogP contribution in [0.5, 0.6) is 0 Å². The van der Waals surface area contributed by atoms with Crippen molar-refractivity contribution in [3.8, 4) is 0 Å². The first-order valence-electron chi connectivity index (χ1n) is 30.8. The van der Waals surface area contributed by atoms with Crippen LogP contribution >= 0.6 is 11.6 Å². The number of likely N-dealkylation sites (tertiary alicyclic amines) is 2. The van der Waals surface area contributed by atoms with E-state index in [0.717, 1.165) is 105 Å². The molecule has 0 spiro atoms. The third-order valence-electron chi connectivity index (χ3n) is 17.1. The van der Waals surface area contributed by atoms with Gasteiger partial charge in [0.1, 0.15) is 35.9 Å². The molecule has 3 aliphatic heterocycles. The molecule has 4 fully saturated rings. The number of rotatable bonds is 24. The van der Waals surface area contributed by atoms with Gasteiger partial charge in [0, 0.05) is 101 Å². The second-order valence-corrected chi connectivity index (χ2v) is 24.9. The summed E-state index contributed by atoms with van der Waals surface area (Å²) in [5, 5.41) is 21.0. The summed E-state index contributed by atoms with van der Waals surface area (Å²) >= 11 is 6.24. The first-order valence-corrected chi connectivity index (χ1v) is 31.1. The standard InChI is InChI=1S/C62H90ClF2N11O8/c1-6-7-27-76(55(79)40-75(61(82)84-62(3,4)5)38-45-15-18-47(64)36-52(45)65)42(2)70-56(44-11-9-8-10-12-44)60(81)73-30-23-49(24-31-73)83-48-21-28-71(29-22-48)39-54(78)67-26-25-66-37-51(43-13-16-46(63)17-14-43)59(80)74-34-32-72(33-35-74)58-50-19-20-53(77)57(50)68-41-69-58/h13-18,36,41-42,44,48-49,51,53,56,66,70,77H,6-12,19-35,37-40H2,1-5H3,(H,67,78)/t42?,51-,53-,56-/m1/s1. The van der Waals surface area contributed by atoms with Crippen LogP contribution in [0.1, 0.15) is 146 Å². The highest BCUT2D eigenvalue weighted by atomic mass is 35.5. The number of piperidine rings is 2. The van der Waals surface area contributed by atoms with Gasteiger partial charge in [-0.05, 0) is 115 Å². The minimum atomic E-state index is -0.890. The number of benzene rings is 2. The number of halogens is 3. The van der Waals surface area contributed by atoms with Gasteiger partial charge in [-0.25, -0.2) is 23.5 Å². The summed E-state index contributed by atoms with van der Waals surface area (Å²) < 4.78 is 41.1. The van der Waals surface area contributed by atoms with Crippen molar-refractivity contribution in [1.29, 1.82) is 0 Å². The van der Waals surface area contributed by atoms with Crippen molar-refractivity contribution in [2.45, 2.75) is 167 Å². The van der Waals surface area contributed by atoms with E-state index < -0.39 is 54.1 Å². The fourth-order valence-electron chi connectivity index (χ4n) is 12.4. The highest BCUT2D eigenvalue weighted by Crippen LogP contribution is 2.35. The number of aliphatic hydroxyl groups excluding tert-OH is 1. The molecule has 0 radical (unpaired) electrons. The zero-order valence-corrected chi connectivity index (χ0v) is 50.7. The second-order valence-electron chi connectivity index (χ2n) is 24.5.